The van der Waals surface area contributed by atoms with Crippen molar-refractivity contribution in [2.45, 2.75) is 13.0 Å². The average molecular weight is 316 g/mol. The summed E-state index contributed by atoms with van der Waals surface area (Å²) in [6, 6.07) is 17.9. The highest BCUT2D eigenvalue weighted by Gasteiger charge is 2.15. The molecule has 5 heteroatoms. The van der Waals surface area contributed by atoms with Crippen LogP contribution in [0.25, 0.3) is 11.4 Å². The van der Waals surface area contributed by atoms with Crippen molar-refractivity contribution in [3.05, 3.63) is 70.0 Å². The zero-order chi connectivity index (χ0) is 14.8. The van der Waals surface area contributed by atoms with E-state index in [2.05, 4.69) is 29.3 Å². The van der Waals surface area contributed by atoms with Gasteiger partial charge in [0.2, 0.25) is 0 Å². The third-order valence-corrected chi connectivity index (χ3v) is 4.02. The predicted octanol–water partition coefficient (Wildman–Crippen LogP) is 4.87. The van der Waals surface area contributed by atoms with Gasteiger partial charge >= 0.3 is 0 Å². The Morgan fingerprint density at radius 2 is 1.76 bits per heavy atom. The number of H-pyrrole nitrogens is 1. The van der Waals surface area contributed by atoms with Crippen LogP contribution in [0.4, 0.5) is 0 Å². The molecular weight excluding hydrogens is 302 g/mol. The van der Waals surface area contributed by atoms with E-state index in [-0.39, 0.29) is 6.04 Å². The van der Waals surface area contributed by atoms with Crippen LogP contribution in [0.3, 0.4) is 0 Å². The van der Waals surface area contributed by atoms with E-state index >= 15 is 0 Å². The van der Waals surface area contributed by atoms with E-state index in [1.807, 2.05) is 47.0 Å². The second-order valence-corrected chi connectivity index (χ2v) is 5.64. The fourth-order valence-electron chi connectivity index (χ4n) is 2.35. The van der Waals surface area contributed by atoms with Crippen LogP contribution in [-0.4, -0.2) is 14.8 Å². The molecule has 0 aliphatic heterocycles. The Labute approximate surface area is 133 Å². The Bertz CT molecular complexity index is 790. The number of nitrogens with zero attached hydrogens (tertiary/aromatic N) is 2. The highest BCUT2D eigenvalue weighted by atomic mass is 35.5. The molecule has 0 spiro atoms. The molecule has 106 valence electrons. The van der Waals surface area contributed by atoms with Crippen LogP contribution < -0.4 is 0 Å². The van der Waals surface area contributed by atoms with E-state index < -0.39 is 0 Å². The maximum absolute atomic E-state index is 5.95. The summed E-state index contributed by atoms with van der Waals surface area (Å²) in [5.41, 5.74) is 2.17. The minimum Gasteiger partial charge on any atom is -0.293 e. The van der Waals surface area contributed by atoms with Gasteiger partial charge in [-0.3, -0.25) is 9.67 Å². The monoisotopic (exact) mass is 315 g/mol. The van der Waals surface area contributed by atoms with E-state index in [0.29, 0.717) is 9.79 Å². The normalized spacial score (nSPS) is 12.3. The molecule has 0 radical (unpaired) electrons. The zero-order valence-corrected chi connectivity index (χ0v) is 13.0. The maximum Gasteiger partial charge on any atom is 0.196 e. The lowest BCUT2D eigenvalue weighted by Gasteiger charge is -2.16. The smallest absolute Gasteiger partial charge is 0.196 e. The quantitative estimate of drug-likeness (QED) is 0.699. The van der Waals surface area contributed by atoms with Crippen molar-refractivity contribution >= 4 is 23.8 Å². The Kier molecular flexibility index (Phi) is 3.90. The SMILES string of the molecule is C[C@H](c1ccccc1)n1c(-c2ccc(Cl)cc2)n[nH]c1=S. The molecule has 0 fully saturated rings. The van der Waals surface area contributed by atoms with E-state index in [1.165, 1.54) is 5.56 Å². The zero-order valence-electron chi connectivity index (χ0n) is 11.5. The van der Waals surface area contributed by atoms with Crippen LogP contribution in [0.2, 0.25) is 5.02 Å². The van der Waals surface area contributed by atoms with Gasteiger partial charge in [0.05, 0.1) is 6.04 Å². The van der Waals surface area contributed by atoms with Crippen LogP contribution in [0.1, 0.15) is 18.5 Å². The minimum atomic E-state index is 0.100. The fraction of sp³-hybridized carbons (Fsp3) is 0.125. The van der Waals surface area contributed by atoms with Crippen LogP contribution >= 0.6 is 23.8 Å². The summed E-state index contributed by atoms with van der Waals surface area (Å²) >= 11 is 11.3. The molecule has 0 unspecified atom stereocenters. The molecule has 0 aliphatic rings. The van der Waals surface area contributed by atoms with Gasteiger partial charge in [0.25, 0.3) is 0 Å². The van der Waals surface area contributed by atoms with Crippen LogP contribution in [0.15, 0.2) is 54.6 Å². The second-order valence-electron chi connectivity index (χ2n) is 4.82. The van der Waals surface area contributed by atoms with Crippen LogP contribution in [-0.2, 0) is 0 Å². The molecule has 1 atom stereocenters. The molecule has 0 saturated carbocycles. The molecule has 0 saturated heterocycles. The number of halogens is 1. The number of aromatic nitrogens is 3. The molecule has 2 aromatic carbocycles. The van der Waals surface area contributed by atoms with Crippen molar-refractivity contribution in [2.24, 2.45) is 0 Å². The van der Waals surface area contributed by atoms with Gasteiger partial charge in [-0.25, -0.2) is 0 Å². The lowest BCUT2D eigenvalue weighted by Crippen LogP contribution is -2.08. The van der Waals surface area contributed by atoms with E-state index in [0.717, 1.165) is 11.4 Å². The summed E-state index contributed by atoms with van der Waals surface area (Å²) < 4.78 is 2.63. The van der Waals surface area contributed by atoms with Gasteiger partial charge < -0.3 is 0 Å². The van der Waals surface area contributed by atoms with E-state index in [1.54, 1.807) is 0 Å². The predicted molar refractivity (Wildman–Crippen MR) is 88.1 cm³/mol. The molecule has 1 heterocycles. The van der Waals surface area contributed by atoms with Gasteiger partial charge in [-0.1, -0.05) is 41.9 Å². The van der Waals surface area contributed by atoms with Gasteiger partial charge in [-0.05, 0) is 49.0 Å². The van der Waals surface area contributed by atoms with Gasteiger partial charge in [-0.2, -0.15) is 5.10 Å². The molecular formula is C16H14ClN3S. The van der Waals surface area contributed by atoms with Crippen LogP contribution in [0.5, 0.6) is 0 Å². The molecule has 0 bridgehead atoms. The number of aromatic amines is 1. The average Bonchev–Trinajstić information content (AvgIpc) is 2.90. The van der Waals surface area contributed by atoms with E-state index in [9.17, 15) is 0 Å². The largest absolute Gasteiger partial charge is 0.293 e. The summed E-state index contributed by atoms with van der Waals surface area (Å²) in [6.45, 7) is 2.11. The van der Waals surface area contributed by atoms with Gasteiger partial charge in [0, 0.05) is 10.6 Å². The first-order valence-corrected chi connectivity index (χ1v) is 7.43. The maximum atomic E-state index is 5.95. The van der Waals surface area contributed by atoms with Gasteiger partial charge in [-0.15, -0.1) is 0 Å². The molecule has 3 aromatic rings. The van der Waals surface area contributed by atoms with Gasteiger partial charge in [0.15, 0.2) is 10.6 Å². The third kappa shape index (κ3) is 2.77. The highest BCUT2D eigenvalue weighted by molar-refractivity contribution is 7.71. The minimum absolute atomic E-state index is 0.100. The Balaban J connectivity index is 2.09. The summed E-state index contributed by atoms with van der Waals surface area (Å²) in [4.78, 5) is 0. The first kappa shape index (κ1) is 14.0. The third-order valence-electron chi connectivity index (χ3n) is 3.48. The Morgan fingerprint density at radius 3 is 2.43 bits per heavy atom. The van der Waals surface area contributed by atoms with Crippen molar-refractivity contribution in [3.63, 3.8) is 0 Å². The molecule has 0 amide bonds. The number of rotatable bonds is 3. The van der Waals surface area contributed by atoms with Crippen molar-refractivity contribution in [3.8, 4) is 11.4 Å². The first-order chi connectivity index (χ1) is 10.2. The molecule has 1 aromatic heterocycles. The summed E-state index contributed by atoms with van der Waals surface area (Å²) in [6.07, 6.45) is 0. The van der Waals surface area contributed by atoms with Crippen molar-refractivity contribution < 1.29 is 0 Å². The molecule has 21 heavy (non-hydrogen) atoms. The van der Waals surface area contributed by atoms with Crippen molar-refractivity contribution in [1.29, 1.82) is 0 Å². The van der Waals surface area contributed by atoms with Crippen molar-refractivity contribution in [2.75, 3.05) is 0 Å². The Hall–Kier alpha value is -1.91. The van der Waals surface area contributed by atoms with Gasteiger partial charge in [0.1, 0.15) is 0 Å². The van der Waals surface area contributed by atoms with Crippen molar-refractivity contribution in [1.82, 2.24) is 14.8 Å². The lowest BCUT2D eigenvalue weighted by atomic mass is 10.1. The molecule has 3 nitrogen and oxygen atoms in total. The second kappa shape index (κ2) is 5.84. The molecule has 3 rings (SSSR count). The lowest BCUT2D eigenvalue weighted by molar-refractivity contribution is 0.635. The number of hydrogen-bond donors (Lipinski definition) is 1. The van der Waals surface area contributed by atoms with E-state index in [4.69, 9.17) is 23.8 Å². The molecule has 0 aliphatic carbocycles. The molecule has 1 N–H and O–H groups in total. The first-order valence-electron chi connectivity index (χ1n) is 6.64. The Morgan fingerprint density at radius 1 is 1.10 bits per heavy atom. The number of benzene rings is 2. The summed E-state index contributed by atoms with van der Waals surface area (Å²) in [5.74, 6) is 0.813. The fourth-order valence-corrected chi connectivity index (χ4v) is 2.76. The summed E-state index contributed by atoms with van der Waals surface area (Å²) in [5, 5.41) is 7.95. The van der Waals surface area contributed by atoms with Crippen LogP contribution in [0, 0.1) is 4.77 Å². The number of nitrogens with one attached hydrogen (secondary N) is 1. The highest BCUT2D eigenvalue weighted by Crippen LogP contribution is 2.26. The number of hydrogen-bond acceptors (Lipinski definition) is 2. The topological polar surface area (TPSA) is 33.6 Å². The summed E-state index contributed by atoms with van der Waals surface area (Å²) in [7, 11) is 0. The standard InChI is InChI=1S/C16H14ClN3S/c1-11(12-5-3-2-4-6-12)20-15(18-19-16(20)21)13-7-9-14(17)10-8-13/h2-11H,1H3,(H,19,21)/t11-/m1/s1.